The lowest BCUT2D eigenvalue weighted by atomic mass is 10.0. The van der Waals surface area contributed by atoms with Crippen molar-refractivity contribution in [3.05, 3.63) is 35.4 Å². The molecule has 3 nitrogen and oxygen atoms in total. The fourth-order valence-electron chi connectivity index (χ4n) is 1.50. The van der Waals surface area contributed by atoms with Crippen molar-refractivity contribution in [1.82, 2.24) is 5.32 Å². The maximum atomic E-state index is 11.4. The number of carbonyl (C=O) groups excluding carboxylic acids is 1. The van der Waals surface area contributed by atoms with Gasteiger partial charge in [-0.15, -0.1) is 12.4 Å². The quantitative estimate of drug-likeness (QED) is 0.851. The summed E-state index contributed by atoms with van der Waals surface area (Å²) in [6, 6.07) is 7.54. The van der Waals surface area contributed by atoms with Gasteiger partial charge in [-0.2, -0.15) is 0 Å². The third kappa shape index (κ3) is 3.83. The van der Waals surface area contributed by atoms with E-state index in [9.17, 15) is 4.79 Å². The molecule has 0 saturated carbocycles. The monoisotopic (exact) mass is 242 g/mol. The first-order chi connectivity index (χ1) is 7.02. The minimum Gasteiger partial charge on any atom is -0.348 e. The van der Waals surface area contributed by atoms with E-state index < -0.39 is 6.04 Å². The summed E-state index contributed by atoms with van der Waals surface area (Å²) in [6.45, 7) is 5.67. The molecule has 0 aliphatic rings. The molecule has 0 aromatic heterocycles. The van der Waals surface area contributed by atoms with Crippen LogP contribution in [0.4, 0.5) is 0 Å². The van der Waals surface area contributed by atoms with Gasteiger partial charge in [0.05, 0.1) is 12.1 Å². The van der Waals surface area contributed by atoms with Gasteiger partial charge < -0.3 is 11.1 Å². The molecule has 0 saturated heterocycles. The summed E-state index contributed by atoms with van der Waals surface area (Å²) in [5.74, 6) is -0.120. The smallest absolute Gasteiger partial charge is 0.237 e. The van der Waals surface area contributed by atoms with Gasteiger partial charge in [0.15, 0.2) is 0 Å². The Labute approximate surface area is 103 Å². The topological polar surface area (TPSA) is 55.1 Å². The van der Waals surface area contributed by atoms with Crippen LogP contribution in [-0.4, -0.2) is 11.9 Å². The molecule has 1 aromatic rings. The van der Waals surface area contributed by atoms with Gasteiger partial charge in [-0.1, -0.05) is 24.3 Å². The van der Waals surface area contributed by atoms with Crippen LogP contribution in [0.2, 0.25) is 0 Å². The summed E-state index contributed by atoms with van der Waals surface area (Å²) in [5, 5.41) is 2.87. The van der Waals surface area contributed by atoms with Gasteiger partial charge in [0.2, 0.25) is 5.91 Å². The summed E-state index contributed by atoms with van der Waals surface area (Å²) in [5.41, 5.74) is 7.80. The number of amides is 1. The van der Waals surface area contributed by atoms with Crippen LogP contribution in [0.1, 0.15) is 31.0 Å². The lowest BCUT2D eigenvalue weighted by molar-refractivity contribution is -0.122. The van der Waals surface area contributed by atoms with Crippen LogP contribution in [0.15, 0.2) is 24.3 Å². The number of rotatable bonds is 3. The minimum absolute atomic E-state index is 0. The Morgan fingerprint density at radius 2 is 1.88 bits per heavy atom. The number of nitrogens with one attached hydrogen (secondary N) is 1. The highest BCUT2D eigenvalue weighted by Gasteiger charge is 2.13. The normalized spacial score (nSPS) is 13.5. The van der Waals surface area contributed by atoms with E-state index in [1.807, 2.05) is 38.1 Å². The minimum atomic E-state index is -0.462. The third-order valence-corrected chi connectivity index (χ3v) is 2.43. The second-order valence-electron chi connectivity index (χ2n) is 3.88. The van der Waals surface area contributed by atoms with Crippen molar-refractivity contribution in [2.45, 2.75) is 32.9 Å². The van der Waals surface area contributed by atoms with Gasteiger partial charge in [0.1, 0.15) is 0 Å². The second-order valence-corrected chi connectivity index (χ2v) is 3.88. The highest BCUT2D eigenvalue weighted by atomic mass is 35.5. The molecule has 3 N–H and O–H groups in total. The molecule has 0 spiro atoms. The first-order valence-corrected chi connectivity index (χ1v) is 5.14. The van der Waals surface area contributed by atoms with E-state index in [0.717, 1.165) is 5.56 Å². The van der Waals surface area contributed by atoms with E-state index in [4.69, 9.17) is 5.73 Å². The molecule has 0 aliphatic heterocycles. The van der Waals surface area contributed by atoms with Crippen molar-refractivity contribution in [3.63, 3.8) is 0 Å². The fourth-order valence-corrected chi connectivity index (χ4v) is 1.50. The molecule has 4 heteroatoms. The lowest BCUT2D eigenvalue weighted by Gasteiger charge is -2.17. The summed E-state index contributed by atoms with van der Waals surface area (Å²) in [4.78, 5) is 11.4. The zero-order valence-electron chi connectivity index (χ0n) is 9.86. The summed E-state index contributed by atoms with van der Waals surface area (Å²) >= 11 is 0. The molecular weight excluding hydrogens is 224 g/mol. The number of benzene rings is 1. The van der Waals surface area contributed by atoms with Gasteiger partial charge in [0.25, 0.3) is 0 Å². The number of nitrogens with two attached hydrogens (primary N) is 1. The standard InChI is InChI=1S/C12H18N2O.ClH/c1-8-6-4-5-7-11(8)10(3)14-12(15)9(2)13;/h4-7,9-10H,13H2,1-3H3,(H,14,15);1H. The largest absolute Gasteiger partial charge is 0.348 e. The maximum Gasteiger partial charge on any atom is 0.237 e. The van der Waals surface area contributed by atoms with Crippen LogP contribution in [0.25, 0.3) is 0 Å². The Balaban J connectivity index is 0.00000225. The second kappa shape index (κ2) is 6.51. The van der Waals surface area contributed by atoms with Crippen LogP contribution in [0.3, 0.4) is 0 Å². The van der Waals surface area contributed by atoms with Crippen molar-refractivity contribution >= 4 is 18.3 Å². The third-order valence-electron chi connectivity index (χ3n) is 2.43. The Morgan fingerprint density at radius 1 is 1.31 bits per heavy atom. The number of halogens is 1. The van der Waals surface area contributed by atoms with Crippen molar-refractivity contribution in [2.75, 3.05) is 0 Å². The van der Waals surface area contributed by atoms with Crippen molar-refractivity contribution in [1.29, 1.82) is 0 Å². The molecule has 1 rings (SSSR count). The molecule has 0 bridgehead atoms. The molecule has 16 heavy (non-hydrogen) atoms. The van der Waals surface area contributed by atoms with E-state index in [1.165, 1.54) is 5.56 Å². The average molecular weight is 243 g/mol. The summed E-state index contributed by atoms with van der Waals surface area (Å²) in [6.07, 6.45) is 0. The molecule has 0 fully saturated rings. The van der Waals surface area contributed by atoms with Crippen LogP contribution in [0.5, 0.6) is 0 Å². The Morgan fingerprint density at radius 3 is 2.38 bits per heavy atom. The Hall–Kier alpha value is -1.06. The van der Waals surface area contributed by atoms with Gasteiger partial charge in [-0.3, -0.25) is 4.79 Å². The molecule has 1 aromatic carbocycles. The van der Waals surface area contributed by atoms with Crippen molar-refractivity contribution in [2.24, 2.45) is 5.73 Å². The van der Waals surface area contributed by atoms with Crippen LogP contribution < -0.4 is 11.1 Å². The van der Waals surface area contributed by atoms with E-state index in [1.54, 1.807) is 6.92 Å². The number of hydrogen-bond acceptors (Lipinski definition) is 2. The molecule has 1 amide bonds. The van der Waals surface area contributed by atoms with E-state index in [-0.39, 0.29) is 24.4 Å². The zero-order chi connectivity index (χ0) is 11.4. The summed E-state index contributed by atoms with van der Waals surface area (Å²) in [7, 11) is 0. The molecule has 90 valence electrons. The molecule has 2 atom stereocenters. The van der Waals surface area contributed by atoms with Gasteiger partial charge in [0, 0.05) is 0 Å². The first kappa shape index (κ1) is 14.9. The van der Waals surface area contributed by atoms with Gasteiger partial charge in [-0.05, 0) is 31.9 Å². The van der Waals surface area contributed by atoms with Gasteiger partial charge >= 0.3 is 0 Å². The molecule has 2 unspecified atom stereocenters. The maximum absolute atomic E-state index is 11.4. The van der Waals surface area contributed by atoms with Crippen LogP contribution in [-0.2, 0) is 4.79 Å². The number of hydrogen-bond donors (Lipinski definition) is 2. The predicted octanol–water partition coefficient (Wildman–Crippen LogP) is 1.94. The SMILES string of the molecule is Cc1ccccc1C(C)NC(=O)C(C)N.Cl. The Bertz CT molecular complexity index is 353. The molecular formula is C12H19ClN2O. The Kier molecular flexibility index (Phi) is 6.08. The lowest BCUT2D eigenvalue weighted by Crippen LogP contribution is -2.39. The first-order valence-electron chi connectivity index (χ1n) is 5.14. The summed E-state index contributed by atoms with van der Waals surface area (Å²) < 4.78 is 0. The highest BCUT2D eigenvalue weighted by Crippen LogP contribution is 2.16. The fraction of sp³-hybridized carbons (Fsp3) is 0.417. The van der Waals surface area contributed by atoms with Crippen LogP contribution >= 0.6 is 12.4 Å². The zero-order valence-corrected chi connectivity index (χ0v) is 10.7. The van der Waals surface area contributed by atoms with E-state index in [2.05, 4.69) is 5.32 Å². The van der Waals surface area contributed by atoms with E-state index >= 15 is 0 Å². The highest BCUT2D eigenvalue weighted by molar-refractivity contribution is 5.85. The number of carbonyl (C=O) groups is 1. The molecule has 0 radical (unpaired) electrons. The van der Waals surface area contributed by atoms with Crippen LogP contribution in [0, 0.1) is 6.92 Å². The van der Waals surface area contributed by atoms with E-state index in [0.29, 0.717) is 0 Å². The van der Waals surface area contributed by atoms with Crippen molar-refractivity contribution in [3.8, 4) is 0 Å². The predicted molar refractivity (Wildman–Crippen MR) is 68.6 cm³/mol. The molecule has 0 aliphatic carbocycles. The number of aryl methyl sites for hydroxylation is 1. The van der Waals surface area contributed by atoms with Crippen molar-refractivity contribution < 1.29 is 4.79 Å². The molecule has 0 heterocycles. The average Bonchev–Trinajstić information content (AvgIpc) is 2.18. The van der Waals surface area contributed by atoms with Gasteiger partial charge in [-0.25, -0.2) is 0 Å².